The first-order valence-electron chi connectivity index (χ1n) is 15.6. The average Bonchev–Trinajstić information content (AvgIpc) is 3.76. The zero-order chi connectivity index (χ0) is 31.0. The minimum atomic E-state index is -0.964. The fourth-order valence-corrected chi connectivity index (χ4v) is 5.84. The Morgan fingerprint density at radius 2 is 1.60 bits per heavy atom. The van der Waals surface area contributed by atoms with Crippen molar-refractivity contribution in [3.8, 4) is 5.75 Å². The van der Waals surface area contributed by atoms with E-state index in [4.69, 9.17) is 14.2 Å². The fourth-order valence-electron chi connectivity index (χ4n) is 5.84. The van der Waals surface area contributed by atoms with E-state index in [0.29, 0.717) is 56.9 Å². The summed E-state index contributed by atoms with van der Waals surface area (Å²) in [5.74, 6) is 0.362. The molecule has 3 fully saturated rings. The lowest BCUT2D eigenvalue weighted by atomic mass is 9.78. The predicted octanol–water partition coefficient (Wildman–Crippen LogP) is 1.62. The van der Waals surface area contributed by atoms with Gasteiger partial charge in [-0.05, 0) is 49.8 Å². The number of ketones is 1. The second-order valence-corrected chi connectivity index (χ2v) is 12.6. The molecule has 238 valence electrons. The van der Waals surface area contributed by atoms with E-state index < -0.39 is 35.5 Å². The molecule has 4 atom stereocenters. The Labute approximate surface area is 254 Å². The summed E-state index contributed by atoms with van der Waals surface area (Å²) < 4.78 is 16.0. The van der Waals surface area contributed by atoms with Crippen molar-refractivity contribution in [1.82, 2.24) is 20.9 Å². The predicted molar refractivity (Wildman–Crippen MR) is 161 cm³/mol. The number of hydrogen-bond acceptors (Lipinski definition) is 8. The number of benzene rings is 1. The Morgan fingerprint density at radius 3 is 2.21 bits per heavy atom. The molecule has 1 aliphatic carbocycles. The summed E-state index contributed by atoms with van der Waals surface area (Å²) in [6.45, 7) is 8.56. The quantitative estimate of drug-likeness (QED) is 0.274. The van der Waals surface area contributed by atoms with Crippen LogP contribution in [0.5, 0.6) is 5.75 Å². The number of morpholine rings is 1. The molecule has 1 saturated carbocycles. The molecular weight excluding hydrogens is 552 g/mol. The third kappa shape index (κ3) is 9.74. The maximum absolute atomic E-state index is 13.8. The van der Waals surface area contributed by atoms with Crippen LogP contribution < -0.4 is 20.7 Å². The van der Waals surface area contributed by atoms with E-state index in [0.717, 1.165) is 31.2 Å². The van der Waals surface area contributed by atoms with Crippen molar-refractivity contribution < 1.29 is 33.4 Å². The van der Waals surface area contributed by atoms with Gasteiger partial charge in [-0.25, -0.2) is 0 Å². The highest BCUT2D eigenvalue weighted by atomic mass is 16.6. The molecule has 0 spiro atoms. The monoisotopic (exact) mass is 600 g/mol. The van der Waals surface area contributed by atoms with Gasteiger partial charge in [0.05, 0.1) is 39.5 Å². The third-order valence-electron chi connectivity index (χ3n) is 8.91. The molecule has 0 unspecified atom stereocenters. The van der Waals surface area contributed by atoms with E-state index in [2.05, 4.69) is 22.9 Å². The first kappa shape index (κ1) is 32.9. The fraction of sp³-hybridized carbons (Fsp3) is 0.688. The third-order valence-corrected chi connectivity index (χ3v) is 8.91. The van der Waals surface area contributed by atoms with Crippen molar-refractivity contribution in [2.75, 3.05) is 46.6 Å². The summed E-state index contributed by atoms with van der Waals surface area (Å²) in [7, 11) is 1.58. The van der Waals surface area contributed by atoms with Crippen LogP contribution in [-0.4, -0.2) is 98.7 Å². The van der Waals surface area contributed by atoms with Crippen LogP contribution in [0, 0.1) is 11.8 Å². The normalized spacial score (nSPS) is 26.0. The molecule has 2 aliphatic heterocycles. The van der Waals surface area contributed by atoms with E-state index in [1.807, 2.05) is 17.0 Å². The zero-order valence-electron chi connectivity index (χ0n) is 26.0. The van der Waals surface area contributed by atoms with E-state index >= 15 is 0 Å². The lowest BCUT2D eigenvalue weighted by Crippen LogP contribution is -2.57. The van der Waals surface area contributed by atoms with E-state index in [-0.39, 0.29) is 24.7 Å². The molecule has 2 heterocycles. The Bertz CT molecular complexity index is 1110. The maximum Gasteiger partial charge on any atom is 0.243 e. The van der Waals surface area contributed by atoms with Crippen molar-refractivity contribution >= 4 is 23.5 Å². The topological polar surface area (TPSA) is 139 Å². The number of carbonyl (C=O) groups is 4. The van der Waals surface area contributed by atoms with Gasteiger partial charge in [-0.1, -0.05) is 44.7 Å². The average molecular weight is 601 g/mol. The van der Waals surface area contributed by atoms with Gasteiger partial charge in [-0.3, -0.25) is 24.1 Å². The van der Waals surface area contributed by atoms with Gasteiger partial charge < -0.3 is 30.2 Å². The van der Waals surface area contributed by atoms with Gasteiger partial charge in [0, 0.05) is 19.5 Å². The molecule has 1 aromatic carbocycles. The summed E-state index contributed by atoms with van der Waals surface area (Å²) in [5, 5.41) is 8.57. The van der Waals surface area contributed by atoms with Crippen LogP contribution in [0.3, 0.4) is 0 Å². The number of Topliss-reactive ketones (excluding diaryl/α,β-unsaturated/α-hetero) is 1. The minimum Gasteiger partial charge on any atom is -0.497 e. The van der Waals surface area contributed by atoms with Crippen LogP contribution >= 0.6 is 0 Å². The van der Waals surface area contributed by atoms with Gasteiger partial charge in [0.1, 0.15) is 23.4 Å². The number of carbonyl (C=O) groups excluding carboxylic acids is 4. The van der Waals surface area contributed by atoms with E-state index in [1.54, 1.807) is 33.1 Å². The highest BCUT2D eigenvalue weighted by molar-refractivity contribution is 5.98. The Morgan fingerprint density at radius 1 is 0.977 bits per heavy atom. The number of nitrogens with one attached hydrogen (secondary N) is 3. The minimum absolute atomic E-state index is 0.127. The van der Waals surface area contributed by atoms with Gasteiger partial charge in [0.2, 0.25) is 17.7 Å². The second kappa shape index (κ2) is 15.1. The molecular formula is C32H48N4O7. The molecule has 4 rings (SSSR count). The van der Waals surface area contributed by atoms with Crippen molar-refractivity contribution in [2.24, 2.45) is 11.8 Å². The van der Waals surface area contributed by atoms with Gasteiger partial charge in [0.15, 0.2) is 5.78 Å². The molecule has 3 amide bonds. The van der Waals surface area contributed by atoms with Gasteiger partial charge in [0.25, 0.3) is 0 Å². The second-order valence-electron chi connectivity index (χ2n) is 12.6. The molecule has 0 aromatic heterocycles. The summed E-state index contributed by atoms with van der Waals surface area (Å²) in [6.07, 6.45) is 5.01. The van der Waals surface area contributed by atoms with Gasteiger partial charge in [-0.2, -0.15) is 0 Å². The zero-order valence-corrected chi connectivity index (χ0v) is 26.0. The molecule has 3 aliphatic rings. The number of ether oxygens (including phenoxy) is 3. The van der Waals surface area contributed by atoms with Crippen LogP contribution in [0.4, 0.5) is 0 Å². The molecule has 43 heavy (non-hydrogen) atoms. The Balaban J connectivity index is 1.44. The van der Waals surface area contributed by atoms with Crippen molar-refractivity contribution in [3.05, 3.63) is 29.8 Å². The van der Waals surface area contributed by atoms with Crippen LogP contribution in [0.25, 0.3) is 0 Å². The smallest absolute Gasteiger partial charge is 0.243 e. The largest absolute Gasteiger partial charge is 0.497 e. The molecule has 11 nitrogen and oxygen atoms in total. The van der Waals surface area contributed by atoms with Crippen molar-refractivity contribution in [2.45, 2.75) is 83.0 Å². The van der Waals surface area contributed by atoms with Crippen LogP contribution in [0.15, 0.2) is 24.3 Å². The van der Waals surface area contributed by atoms with Gasteiger partial charge >= 0.3 is 0 Å². The van der Waals surface area contributed by atoms with Crippen LogP contribution in [-0.2, 0) is 35.1 Å². The lowest BCUT2D eigenvalue weighted by Gasteiger charge is -2.31. The molecule has 0 radical (unpaired) electrons. The summed E-state index contributed by atoms with van der Waals surface area (Å²) in [4.78, 5) is 55.1. The van der Waals surface area contributed by atoms with Gasteiger partial charge in [-0.15, -0.1) is 0 Å². The van der Waals surface area contributed by atoms with E-state index in [9.17, 15) is 19.2 Å². The van der Waals surface area contributed by atoms with Crippen molar-refractivity contribution in [3.63, 3.8) is 0 Å². The SMILES string of the molecule is COc1ccc(C[C@H](NC(=O)[C@H](C)NC(=O)CN2CCOCC2)C(=O)N[C@@H](CC2CCC(C)CC2)C(=O)[C@@]2(C)CO2)cc1. The molecule has 3 N–H and O–H groups in total. The van der Waals surface area contributed by atoms with Crippen LogP contribution in [0.1, 0.15) is 58.4 Å². The summed E-state index contributed by atoms with van der Waals surface area (Å²) in [6, 6.07) is 4.73. The Hall–Kier alpha value is -3.02. The number of methoxy groups -OCH3 is 1. The molecule has 1 aromatic rings. The number of hydrogen-bond donors (Lipinski definition) is 3. The number of amides is 3. The highest BCUT2D eigenvalue weighted by Crippen LogP contribution is 2.34. The standard InChI is InChI=1S/C32H48N4O7/c1-21-5-7-23(8-6-21)17-26(29(38)32(3)20-43-32)34-31(40)27(18-24-9-11-25(41-4)12-10-24)35-30(39)22(2)33-28(37)19-36-13-15-42-16-14-36/h9-12,21-23,26-27H,5-8,13-20H2,1-4H3,(H,33,37)(H,34,40)(H,35,39)/t21?,22-,23?,26-,27-,32+/m0/s1. The van der Waals surface area contributed by atoms with E-state index in [1.165, 1.54) is 0 Å². The maximum atomic E-state index is 13.8. The molecule has 11 heteroatoms. The first-order chi connectivity index (χ1) is 20.6. The summed E-state index contributed by atoms with van der Waals surface area (Å²) in [5.41, 5.74) is -0.0691. The lowest BCUT2D eigenvalue weighted by molar-refractivity contribution is -0.134. The molecule has 0 bridgehead atoms. The first-order valence-corrected chi connectivity index (χ1v) is 15.6. The number of rotatable bonds is 14. The molecule has 2 saturated heterocycles. The Kier molecular flexibility index (Phi) is 11.6. The van der Waals surface area contributed by atoms with Crippen LogP contribution in [0.2, 0.25) is 0 Å². The highest BCUT2D eigenvalue weighted by Gasteiger charge is 2.50. The number of epoxide rings is 1. The number of nitrogens with zero attached hydrogens (tertiary/aromatic N) is 1. The van der Waals surface area contributed by atoms with Crippen molar-refractivity contribution in [1.29, 1.82) is 0 Å². The summed E-state index contributed by atoms with van der Waals surface area (Å²) >= 11 is 0.